The number of ether oxygens (including phenoxy) is 2. The molecule has 0 saturated heterocycles. The average Bonchev–Trinajstić information content (AvgIpc) is 2.57. The van der Waals surface area contributed by atoms with E-state index in [4.69, 9.17) is 55.9 Å². The molecule has 132 valence electrons. The van der Waals surface area contributed by atoms with Gasteiger partial charge in [-0.1, -0.05) is 70.7 Å². The molecular weight excluding hydrogens is 406 g/mol. The van der Waals surface area contributed by atoms with Crippen LogP contribution in [0.1, 0.15) is 15.9 Å². The number of carbonyl (C=O) groups is 1. The summed E-state index contributed by atoms with van der Waals surface area (Å²) in [5.41, 5.74) is 1.68. The molecule has 2 aromatic rings. The van der Waals surface area contributed by atoms with E-state index in [2.05, 4.69) is 0 Å². The van der Waals surface area contributed by atoms with E-state index in [1.165, 1.54) is 6.08 Å². The van der Waals surface area contributed by atoms with Crippen LogP contribution in [0.15, 0.2) is 47.0 Å². The Morgan fingerprint density at radius 1 is 1.00 bits per heavy atom. The normalized spacial score (nSPS) is 10.2. The summed E-state index contributed by atoms with van der Waals surface area (Å²) < 4.78 is 11.2. The Morgan fingerprint density at radius 3 is 2.20 bits per heavy atom. The van der Waals surface area contributed by atoms with Crippen molar-refractivity contribution in [3.63, 3.8) is 0 Å². The average molecular weight is 420 g/mol. The van der Waals surface area contributed by atoms with Crippen LogP contribution in [0.5, 0.6) is 11.5 Å². The lowest BCUT2D eigenvalue weighted by molar-refractivity contribution is 0.112. The number of hydrogen-bond donors (Lipinski definition) is 0. The molecule has 0 unspecified atom stereocenters. The van der Waals surface area contributed by atoms with Crippen molar-refractivity contribution >= 4 is 52.7 Å². The third kappa shape index (κ3) is 6.44. The topological polar surface area (TPSA) is 35.5 Å². The van der Waals surface area contributed by atoms with Crippen LogP contribution >= 0.6 is 46.4 Å². The molecule has 2 aromatic carbocycles. The molecule has 0 fully saturated rings. The summed E-state index contributed by atoms with van der Waals surface area (Å²) in [6, 6.07) is 10.5. The minimum absolute atomic E-state index is 0.123. The van der Waals surface area contributed by atoms with Gasteiger partial charge in [0.2, 0.25) is 0 Å². The predicted molar refractivity (Wildman–Crippen MR) is 103 cm³/mol. The van der Waals surface area contributed by atoms with Gasteiger partial charge in [0.05, 0.1) is 16.7 Å². The molecule has 0 aliphatic heterocycles. The summed E-state index contributed by atoms with van der Waals surface area (Å²) in [5.74, 6) is 0.878. The van der Waals surface area contributed by atoms with Crippen LogP contribution in [0.3, 0.4) is 0 Å². The smallest absolute Gasteiger partial charge is 0.156 e. The fourth-order valence-corrected chi connectivity index (χ4v) is 2.69. The maximum Gasteiger partial charge on any atom is 0.156 e. The second-order valence-corrected chi connectivity index (χ2v) is 6.80. The van der Waals surface area contributed by atoms with Crippen LogP contribution in [0.2, 0.25) is 10.0 Å². The Bertz CT molecular complexity index is 730. The first kappa shape index (κ1) is 19.9. The second kappa shape index (κ2) is 9.93. The van der Waals surface area contributed by atoms with E-state index in [0.29, 0.717) is 40.1 Å². The molecule has 25 heavy (non-hydrogen) atoms. The highest BCUT2D eigenvalue weighted by atomic mass is 35.5. The van der Waals surface area contributed by atoms with Crippen molar-refractivity contribution in [1.29, 1.82) is 0 Å². The third-order valence-electron chi connectivity index (χ3n) is 3.21. The van der Waals surface area contributed by atoms with E-state index in [1.807, 2.05) is 12.1 Å². The molecule has 0 aromatic heterocycles. The highest BCUT2D eigenvalue weighted by Crippen LogP contribution is 2.37. The fourth-order valence-electron chi connectivity index (χ4n) is 1.99. The lowest BCUT2D eigenvalue weighted by Crippen LogP contribution is -2.03. The Hall–Kier alpha value is -1.39. The van der Waals surface area contributed by atoms with Gasteiger partial charge in [0.15, 0.2) is 5.75 Å². The summed E-state index contributed by atoms with van der Waals surface area (Å²) in [4.78, 5) is 10.6. The van der Waals surface area contributed by atoms with E-state index in [9.17, 15) is 4.79 Å². The van der Waals surface area contributed by atoms with Crippen molar-refractivity contribution in [2.24, 2.45) is 0 Å². The molecule has 2 rings (SSSR count). The maximum absolute atomic E-state index is 10.6. The molecule has 0 heterocycles. The van der Waals surface area contributed by atoms with Gasteiger partial charge in [-0.05, 0) is 11.6 Å². The summed E-state index contributed by atoms with van der Waals surface area (Å²) >= 11 is 23.4. The van der Waals surface area contributed by atoms with Crippen LogP contribution in [-0.4, -0.2) is 19.5 Å². The van der Waals surface area contributed by atoms with Crippen LogP contribution < -0.4 is 9.47 Å². The summed E-state index contributed by atoms with van der Waals surface area (Å²) in [5, 5.41) is 0.694. The molecule has 0 amide bonds. The molecule has 0 N–H and O–H groups in total. The number of rotatable bonds is 8. The van der Waals surface area contributed by atoms with Gasteiger partial charge in [-0.3, -0.25) is 4.79 Å². The van der Waals surface area contributed by atoms with Crippen LogP contribution in [0.25, 0.3) is 0 Å². The summed E-state index contributed by atoms with van der Waals surface area (Å²) in [6.45, 7) is 0.594. The molecule has 0 bridgehead atoms. The van der Waals surface area contributed by atoms with E-state index in [0.717, 1.165) is 11.8 Å². The molecule has 0 atom stereocenters. The highest BCUT2D eigenvalue weighted by molar-refractivity contribution is 6.55. The van der Waals surface area contributed by atoms with Crippen molar-refractivity contribution in [3.05, 3.63) is 68.1 Å². The SMILES string of the molecule is O=Cc1ccc(CCOc2c(Cl)cc(OCC=C(Cl)Cl)cc2Cl)cc1. The first-order valence-electron chi connectivity index (χ1n) is 7.29. The highest BCUT2D eigenvalue weighted by Gasteiger charge is 2.10. The second-order valence-electron chi connectivity index (χ2n) is 4.98. The van der Waals surface area contributed by atoms with Crippen molar-refractivity contribution in [2.75, 3.05) is 13.2 Å². The predicted octanol–water partition coefficient (Wildman–Crippen LogP) is 6.13. The van der Waals surface area contributed by atoms with Gasteiger partial charge >= 0.3 is 0 Å². The van der Waals surface area contributed by atoms with Gasteiger partial charge < -0.3 is 9.47 Å². The van der Waals surface area contributed by atoms with E-state index >= 15 is 0 Å². The minimum atomic E-state index is 0.123. The summed E-state index contributed by atoms with van der Waals surface area (Å²) in [7, 11) is 0. The van der Waals surface area contributed by atoms with Crippen molar-refractivity contribution < 1.29 is 14.3 Å². The number of hydrogen-bond acceptors (Lipinski definition) is 3. The third-order valence-corrected chi connectivity index (χ3v) is 4.08. The Morgan fingerprint density at radius 2 is 1.64 bits per heavy atom. The number of halogens is 4. The van der Waals surface area contributed by atoms with E-state index in [-0.39, 0.29) is 11.1 Å². The quantitative estimate of drug-likeness (QED) is 0.483. The molecule has 0 aliphatic rings. The summed E-state index contributed by atoms with van der Waals surface area (Å²) in [6.07, 6.45) is 2.97. The fraction of sp³-hybridized carbons (Fsp3) is 0.167. The largest absolute Gasteiger partial charge is 0.490 e. The number of carbonyl (C=O) groups excluding carboxylic acids is 1. The van der Waals surface area contributed by atoms with E-state index < -0.39 is 0 Å². The van der Waals surface area contributed by atoms with Crippen molar-refractivity contribution in [3.8, 4) is 11.5 Å². The molecule has 0 aliphatic carbocycles. The van der Waals surface area contributed by atoms with Crippen molar-refractivity contribution in [1.82, 2.24) is 0 Å². The Kier molecular flexibility index (Phi) is 7.91. The monoisotopic (exact) mass is 418 g/mol. The number of benzene rings is 2. The maximum atomic E-state index is 10.6. The van der Waals surface area contributed by atoms with Gasteiger partial charge in [0, 0.05) is 24.1 Å². The lowest BCUT2D eigenvalue weighted by atomic mass is 10.1. The van der Waals surface area contributed by atoms with Crippen molar-refractivity contribution in [2.45, 2.75) is 6.42 Å². The van der Waals surface area contributed by atoms with Gasteiger partial charge in [0.1, 0.15) is 23.1 Å². The molecule has 3 nitrogen and oxygen atoms in total. The van der Waals surface area contributed by atoms with Crippen LogP contribution in [0.4, 0.5) is 0 Å². The van der Waals surface area contributed by atoms with Gasteiger partial charge in [-0.2, -0.15) is 0 Å². The van der Waals surface area contributed by atoms with Crippen LogP contribution in [-0.2, 0) is 6.42 Å². The Labute approximate surface area is 166 Å². The van der Waals surface area contributed by atoms with Gasteiger partial charge in [-0.25, -0.2) is 0 Å². The van der Waals surface area contributed by atoms with E-state index in [1.54, 1.807) is 24.3 Å². The lowest BCUT2D eigenvalue weighted by Gasteiger charge is -2.12. The first-order valence-corrected chi connectivity index (χ1v) is 8.80. The zero-order chi connectivity index (χ0) is 18.2. The molecule has 0 saturated carbocycles. The zero-order valence-corrected chi connectivity index (χ0v) is 16.0. The first-order chi connectivity index (χ1) is 12.0. The molecule has 0 radical (unpaired) electrons. The molecule has 7 heteroatoms. The van der Waals surface area contributed by atoms with Gasteiger partial charge in [-0.15, -0.1) is 0 Å². The number of aldehydes is 1. The molecular formula is C18H14Cl4O3. The van der Waals surface area contributed by atoms with Crippen LogP contribution in [0, 0.1) is 0 Å². The van der Waals surface area contributed by atoms with Gasteiger partial charge in [0.25, 0.3) is 0 Å². The Balaban J connectivity index is 1.94. The zero-order valence-electron chi connectivity index (χ0n) is 13.0. The molecule has 0 spiro atoms. The standard InChI is InChI=1S/C18H14Cl4O3/c19-15-9-14(24-8-6-17(21)22)10-16(20)18(15)25-7-5-12-1-3-13(11-23)4-2-12/h1-4,6,9-11H,5,7-8H2. The minimum Gasteiger partial charge on any atom is -0.490 e.